The van der Waals surface area contributed by atoms with Crippen molar-refractivity contribution in [3.8, 4) is 0 Å². The lowest BCUT2D eigenvalue weighted by molar-refractivity contribution is 1.19. The second kappa shape index (κ2) is 3.13. The Bertz CT molecular complexity index is 228. The zero-order valence-electron chi connectivity index (χ0n) is 6.98. The number of anilines is 2. The van der Waals surface area contributed by atoms with Crippen molar-refractivity contribution in [2.75, 3.05) is 11.5 Å². The summed E-state index contributed by atoms with van der Waals surface area (Å²) in [7, 11) is 0. The molecule has 0 spiro atoms. The summed E-state index contributed by atoms with van der Waals surface area (Å²) >= 11 is 1.74. The van der Waals surface area contributed by atoms with Crippen molar-refractivity contribution in [3.63, 3.8) is 0 Å². The molecule has 0 aromatic carbocycles. The molecule has 0 aliphatic heterocycles. The smallest absolute Gasteiger partial charge is 0.0692 e. The van der Waals surface area contributed by atoms with Gasteiger partial charge in [0.05, 0.1) is 11.4 Å². The number of thiophene rings is 1. The molecule has 4 N–H and O–H groups in total. The third-order valence-corrected chi connectivity index (χ3v) is 3.29. The number of hydrogen-bond donors (Lipinski definition) is 2. The molecule has 0 saturated heterocycles. The van der Waals surface area contributed by atoms with E-state index in [-0.39, 0.29) is 0 Å². The molecule has 0 atom stereocenters. The summed E-state index contributed by atoms with van der Waals surface area (Å²) in [5, 5.41) is 0. The van der Waals surface area contributed by atoms with Crippen LogP contribution in [0.15, 0.2) is 0 Å². The molecule has 2 nitrogen and oxygen atoms in total. The van der Waals surface area contributed by atoms with Crippen LogP contribution in [0.25, 0.3) is 0 Å². The Morgan fingerprint density at radius 1 is 1.00 bits per heavy atom. The molecule has 1 aromatic rings. The van der Waals surface area contributed by atoms with Crippen molar-refractivity contribution >= 4 is 22.7 Å². The molecular weight excluding hydrogens is 156 g/mol. The molecule has 0 fully saturated rings. The van der Waals surface area contributed by atoms with E-state index in [9.17, 15) is 0 Å². The quantitative estimate of drug-likeness (QED) is 0.713. The Kier molecular flexibility index (Phi) is 2.39. The van der Waals surface area contributed by atoms with Gasteiger partial charge in [-0.15, -0.1) is 11.3 Å². The summed E-state index contributed by atoms with van der Waals surface area (Å²) < 4.78 is 0. The number of hydrogen-bond acceptors (Lipinski definition) is 3. The van der Waals surface area contributed by atoms with Gasteiger partial charge in [0.1, 0.15) is 0 Å². The normalized spacial score (nSPS) is 10.4. The minimum Gasteiger partial charge on any atom is -0.396 e. The molecule has 0 saturated carbocycles. The van der Waals surface area contributed by atoms with Gasteiger partial charge in [-0.25, -0.2) is 0 Å². The van der Waals surface area contributed by atoms with Gasteiger partial charge in [0.2, 0.25) is 0 Å². The molecule has 1 rings (SSSR count). The molecule has 1 heterocycles. The Balaban J connectivity index is 3.12. The van der Waals surface area contributed by atoms with Crippen LogP contribution in [0.4, 0.5) is 11.4 Å². The van der Waals surface area contributed by atoms with E-state index < -0.39 is 0 Å². The van der Waals surface area contributed by atoms with Crippen LogP contribution in [0.2, 0.25) is 0 Å². The van der Waals surface area contributed by atoms with Gasteiger partial charge >= 0.3 is 0 Å². The first kappa shape index (κ1) is 8.40. The average Bonchev–Trinajstić information content (AvgIpc) is 2.30. The van der Waals surface area contributed by atoms with E-state index in [0.717, 1.165) is 24.2 Å². The minimum absolute atomic E-state index is 0.800. The zero-order chi connectivity index (χ0) is 8.43. The molecule has 0 radical (unpaired) electrons. The predicted octanol–water partition coefficient (Wildman–Crippen LogP) is 2.04. The highest BCUT2D eigenvalue weighted by Gasteiger charge is 2.09. The average molecular weight is 170 g/mol. The first-order valence-corrected chi connectivity index (χ1v) is 4.67. The summed E-state index contributed by atoms with van der Waals surface area (Å²) in [4.78, 5) is 2.44. The van der Waals surface area contributed by atoms with Crippen LogP contribution in [-0.4, -0.2) is 0 Å². The molecular formula is C8H14N2S. The van der Waals surface area contributed by atoms with E-state index in [2.05, 4.69) is 13.8 Å². The van der Waals surface area contributed by atoms with Gasteiger partial charge in [0.25, 0.3) is 0 Å². The third-order valence-electron chi connectivity index (χ3n) is 1.78. The van der Waals surface area contributed by atoms with Crippen molar-refractivity contribution in [1.82, 2.24) is 0 Å². The Morgan fingerprint density at radius 2 is 1.36 bits per heavy atom. The van der Waals surface area contributed by atoms with Gasteiger partial charge in [-0.3, -0.25) is 0 Å². The monoisotopic (exact) mass is 170 g/mol. The predicted molar refractivity (Wildman–Crippen MR) is 51.9 cm³/mol. The lowest BCUT2D eigenvalue weighted by Crippen LogP contribution is -1.94. The highest BCUT2D eigenvalue weighted by Crippen LogP contribution is 2.33. The van der Waals surface area contributed by atoms with Crippen molar-refractivity contribution < 1.29 is 0 Å². The van der Waals surface area contributed by atoms with Crippen LogP contribution >= 0.6 is 11.3 Å². The van der Waals surface area contributed by atoms with Crippen molar-refractivity contribution in [1.29, 1.82) is 0 Å². The molecule has 0 bridgehead atoms. The maximum atomic E-state index is 5.77. The molecule has 62 valence electrons. The van der Waals surface area contributed by atoms with Crippen LogP contribution in [0.1, 0.15) is 23.6 Å². The van der Waals surface area contributed by atoms with Crippen molar-refractivity contribution in [3.05, 3.63) is 9.75 Å². The number of aryl methyl sites for hydroxylation is 2. The fourth-order valence-corrected chi connectivity index (χ4v) is 2.11. The van der Waals surface area contributed by atoms with E-state index in [4.69, 9.17) is 11.5 Å². The zero-order valence-corrected chi connectivity index (χ0v) is 7.79. The fourth-order valence-electron chi connectivity index (χ4n) is 1.08. The van der Waals surface area contributed by atoms with Gasteiger partial charge < -0.3 is 11.5 Å². The SMILES string of the molecule is CCc1sc(CC)c(N)c1N. The van der Waals surface area contributed by atoms with E-state index in [1.165, 1.54) is 9.75 Å². The van der Waals surface area contributed by atoms with E-state index in [0.29, 0.717) is 0 Å². The Labute approximate surface area is 71.2 Å². The fraction of sp³-hybridized carbons (Fsp3) is 0.500. The summed E-state index contributed by atoms with van der Waals surface area (Å²) in [5.41, 5.74) is 13.2. The van der Waals surface area contributed by atoms with Crippen LogP contribution < -0.4 is 11.5 Å². The van der Waals surface area contributed by atoms with Crippen molar-refractivity contribution in [2.24, 2.45) is 0 Å². The minimum atomic E-state index is 0.800. The van der Waals surface area contributed by atoms with Crippen molar-refractivity contribution in [2.45, 2.75) is 26.7 Å². The summed E-state index contributed by atoms with van der Waals surface area (Å²) in [6.07, 6.45) is 1.97. The molecule has 1 aromatic heterocycles. The Hall–Kier alpha value is -0.700. The van der Waals surface area contributed by atoms with Gasteiger partial charge in [0.15, 0.2) is 0 Å². The van der Waals surface area contributed by atoms with E-state index >= 15 is 0 Å². The van der Waals surface area contributed by atoms with E-state index in [1.54, 1.807) is 11.3 Å². The van der Waals surface area contributed by atoms with E-state index in [1.807, 2.05) is 0 Å². The molecule has 0 unspecified atom stereocenters. The largest absolute Gasteiger partial charge is 0.396 e. The van der Waals surface area contributed by atoms with Crippen LogP contribution in [0.3, 0.4) is 0 Å². The van der Waals surface area contributed by atoms with Gasteiger partial charge in [0, 0.05) is 9.75 Å². The summed E-state index contributed by atoms with van der Waals surface area (Å²) in [6, 6.07) is 0. The molecule has 0 amide bonds. The maximum Gasteiger partial charge on any atom is 0.0692 e. The molecule has 11 heavy (non-hydrogen) atoms. The van der Waals surface area contributed by atoms with Crippen LogP contribution in [0.5, 0.6) is 0 Å². The second-order valence-corrected chi connectivity index (χ2v) is 3.67. The molecule has 0 aliphatic carbocycles. The number of nitrogens with two attached hydrogens (primary N) is 2. The van der Waals surface area contributed by atoms with Gasteiger partial charge in [-0.2, -0.15) is 0 Å². The standard InChI is InChI=1S/C8H14N2S/c1-3-5-7(9)8(10)6(4-2)11-5/h3-4,9-10H2,1-2H3. The first-order chi connectivity index (χ1) is 5.20. The van der Waals surface area contributed by atoms with Gasteiger partial charge in [-0.05, 0) is 12.8 Å². The van der Waals surface area contributed by atoms with Crippen LogP contribution in [-0.2, 0) is 12.8 Å². The highest BCUT2D eigenvalue weighted by molar-refractivity contribution is 7.13. The summed E-state index contributed by atoms with van der Waals surface area (Å²) in [6.45, 7) is 4.20. The molecule has 3 heteroatoms. The first-order valence-electron chi connectivity index (χ1n) is 3.86. The lowest BCUT2D eigenvalue weighted by Gasteiger charge is -1.93. The Morgan fingerprint density at radius 3 is 1.55 bits per heavy atom. The molecule has 0 aliphatic rings. The lowest BCUT2D eigenvalue weighted by atomic mass is 10.2. The maximum absolute atomic E-state index is 5.77. The number of rotatable bonds is 2. The summed E-state index contributed by atoms with van der Waals surface area (Å²) in [5.74, 6) is 0. The topological polar surface area (TPSA) is 52.0 Å². The number of nitrogen functional groups attached to an aromatic ring is 2. The highest BCUT2D eigenvalue weighted by atomic mass is 32.1. The second-order valence-electron chi connectivity index (χ2n) is 2.48. The third kappa shape index (κ3) is 1.33. The van der Waals surface area contributed by atoms with Gasteiger partial charge in [-0.1, -0.05) is 13.8 Å². The van der Waals surface area contributed by atoms with Crippen LogP contribution in [0, 0.1) is 0 Å².